The number of nitrogens with one attached hydrogen (secondary N) is 1. The summed E-state index contributed by atoms with van der Waals surface area (Å²) in [5, 5.41) is 4.66. The van der Waals surface area contributed by atoms with Gasteiger partial charge in [0.05, 0.1) is 11.2 Å². The Morgan fingerprint density at radius 2 is 1.94 bits per heavy atom. The van der Waals surface area contributed by atoms with E-state index in [1.165, 1.54) is 0 Å². The number of nitrogens with two attached hydrogens (primary N) is 2. The molecular formula is C25H20ClN7O. The minimum atomic E-state index is -0.544. The Kier molecular flexibility index (Phi) is 5.67. The van der Waals surface area contributed by atoms with E-state index in [1.807, 2.05) is 42.5 Å². The lowest BCUT2D eigenvalue weighted by Gasteiger charge is -2.15. The summed E-state index contributed by atoms with van der Waals surface area (Å²) in [7, 11) is 0. The van der Waals surface area contributed by atoms with Crippen molar-refractivity contribution in [2.45, 2.75) is 6.54 Å². The Bertz CT molecular complexity index is 1520. The molecule has 0 unspecified atom stereocenters. The van der Waals surface area contributed by atoms with Crippen molar-refractivity contribution in [1.82, 2.24) is 19.5 Å². The van der Waals surface area contributed by atoms with Gasteiger partial charge in [-0.05, 0) is 60.2 Å². The summed E-state index contributed by atoms with van der Waals surface area (Å²) in [6.07, 6.45) is 5.13. The Hall–Kier alpha value is -4.27. The van der Waals surface area contributed by atoms with Gasteiger partial charge in [0, 0.05) is 52.5 Å². The van der Waals surface area contributed by atoms with Crippen molar-refractivity contribution in [3.63, 3.8) is 0 Å². The number of carbonyl (C=O) groups is 1. The number of aromatic nitrogens is 4. The molecule has 0 aliphatic carbocycles. The van der Waals surface area contributed by atoms with Gasteiger partial charge in [0.1, 0.15) is 5.69 Å². The number of pyridine rings is 1. The van der Waals surface area contributed by atoms with Crippen LogP contribution in [0.1, 0.15) is 16.1 Å². The maximum absolute atomic E-state index is 12.2. The van der Waals surface area contributed by atoms with Gasteiger partial charge in [0.2, 0.25) is 5.95 Å². The number of hydrogen-bond donors (Lipinski definition) is 3. The maximum Gasteiger partial charge on any atom is 0.265 e. The van der Waals surface area contributed by atoms with E-state index in [4.69, 9.17) is 23.1 Å². The van der Waals surface area contributed by atoms with Crippen LogP contribution in [0.15, 0.2) is 79.3 Å². The number of halogens is 1. The van der Waals surface area contributed by atoms with Gasteiger partial charge in [-0.2, -0.15) is 0 Å². The summed E-state index contributed by atoms with van der Waals surface area (Å²) >= 11 is 6.15. The lowest BCUT2D eigenvalue weighted by atomic mass is 10.1. The molecule has 168 valence electrons. The summed E-state index contributed by atoms with van der Waals surface area (Å²) in [5.41, 5.74) is 16.8. The molecule has 34 heavy (non-hydrogen) atoms. The second-order valence-electron chi connectivity index (χ2n) is 7.61. The second kappa shape index (κ2) is 8.93. The molecule has 2 aromatic carbocycles. The number of primary amides is 1. The standard InChI is InChI=1S/C25H20ClN7O/c26-18-4-6-22-17(10-18)11-23(24(28)34)33(22)19-5-3-15(13-27)21(12-19)32-25-30-9-7-20(31-25)16-2-1-8-29-14-16/h1-12,14H,13,27H2,(H2,28,34)(H,30,31,32). The first kappa shape index (κ1) is 21.6. The number of anilines is 2. The molecule has 3 aromatic heterocycles. The molecule has 0 saturated carbocycles. The first-order valence-electron chi connectivity index (χ1n) is 10.5. The van der Waals surface area contributed by atoms with Crippen molar-refractivity contribution in [3.8, 4) is 16.9 Å². The van der Waals surface area contributed by atoms with Crippen LogP contribution in [0, 0.1) is 0 Å². The van der Waals surface area contributed by atoms with Crippen LogP contribution < -0.4 is 16.8 Å². The lowest BCUT2D eigenvalue weighted by Crippen LogP contribution is -2.16. The summed E-state index contributed by atoms with van der Waals surface area (Å²) in [6.45, 7) is 0.301. The fraction of sp³-hybridized carbons (Fsp3) is 0.0400. The van der Waals surface area contributed by atoms with E-state index in [-0.39, 0.29) is 0 Å². The normalized spacial score (nSPS) is 11.0. The molecule has 9 heteroatoms. The minimum absolute atomic E-state index is 0.301. The summed E-state index contributed by atoms with van der Waals surface area (Å²) in [6, 6.07) is 18.4. The molecular weight excluding hydrogens is 450 g/mol. The average Bonchev–Trinajstić information content (AvgIpc) is 3.24. The van der Waals surface area contributed by atoms with Crippen molar-refractivity contribution >= 4 is 40.0 Å². The summed E-state index contributed by atoms with van der Waals surface area (Å²) < 4.78 is 1.80. The van der Waals surface area contributed by atoms with E-state index < -0.39 is 5.91 Å². The number of rotatable bonds is 6. The van der Waals surface area contributed by atoms with Crippen LogP contribution in [0.5, 0.6) is 0 Å². The van der Waals surface area contributed by atoms with Gasteiger partial charge in [-0.1, -0.05) is 17.7 Å². The third kappa shape index (κ3) is 4.07. The number of nitrogens with zero attached hydrogens (tertiary/aromatic N) is 4. The minimum Gasteiger partial charge on any atom is -0.364 e. The molecule has 8 nitrogen and oxygen atoms in total. The maximum atomic E-state index is 12.2. The van der Waals surface area contributed by atoms with E-state index in [1.54, 1.807) is 41.4 Å². The highest BCUT2D eigenvalue weighted by Gasteiger charge is 2.16. The summed E-state index contributed by atoms with van der Waals surface area (Å²) in [5.74, 6) is -0.135. The van der Waals surface area contributed by atoms with Crippen LogP contribution in [0.4, 0.5) is 11.6 Å². The molecule has 1 amide bonds. The molecule has 5 N–H and O–H groups in total. The number of fused-ring (bicyclic) bond motifs is 1. The quantitative estimate of drug-likeness (QED) is 0.337. The Morgan fingerprint density at radius 1 is 1.06 bits per heavy atom. The van der Waals surface area contributed by atoms with Crippen molar-refractivity contribution in [3.05, 3.63) is 95.5 Å². The molecule has 5 aromatic rings. The monoisotopic (exact) mass is 469 g/mol. The molecule has 0 atom stereocenters. The zero-order valence-corrected chi connectivity index (χ0v) is 18.7. The fourth-order valence-corrected chi connectivity index (χ4v) is 4.04. The van der Waals surface area contributed by atoms with E-state index in [9.17, 15) is 4.79 Å². The number of amides is 1. The summed E-state index contributed by atoms with van der Waals surface area (Å²) in [4.78, 5) is 25.3. The van der Waals surface area contributed by atoms with E-state index in [2.05, 4.69) is 20.3 Å². The van der Waals surface area contributed by atoms with Crippen LogP contribution in [0.25, 0.3) is 27.8 Å². The molecule has 5 rings (SSSR count). The topological polar surface area (TPSA) is 125 Å². The second-order valence-corrected chi connectivity index (χ2v) is 8.05. The van der Waals surface area contributed by atoms with Gasteiger partial charge >= 0.3 is 0 Å². The predicted octanol–water partition coefficient (Wildman–Crippen LogP) is 4.44. The highest BCUT2D eigenvalue weighted by Crippen LogP contribution is 2.30. The molecule has 0 aliphatic heterocycles. The predicted molar refractivity (Wildman–Crippen MR) is 133 cm³/mol. The van der Waals surface area contributed by atoms with Gasteiger partial charge in [0.25, 0.3) is 5.91 Å². The lowest BCUT2D eigenvalue weighted by molar-refractivity contribution is 0.0994. The molecule has 0 aliphatic rings. The first-order chi connectivity index (χ1) is 16.5. The highest BCUT2D eigenvalue weighted by atomic mass is 35.5. The molecule has 0 fully saturated rings. The van der Waals surface area contributed by atoms with Crippen LogP contribution in [0.2, 0.25) is 5.02 Å². The van der Waals surface area contributed by atoms with Crippen molar-refractivity contribution in [1.29, 1.82) is 0 Å². The Labute approximate surface area is 200 Å². The van der Waals surface area contributed by atoms with Gasteiger partial charge < -0.3 is 21.4 Å². The van der Waals surface area contributed by atoms with Crippen LogP contribution in [-0.4, -0.2) is 25.4 Å². The first-order valence-corrected chi connectivity index (χ1v) is 10.9. The molecule has 0 bridgehead atoms. The highest BCUT2D eigenvalue weighted by molar-refractivity contribution is 6.31. The van der Waals surface area contributed by atoms with Gasteiger partial charge in [-0.15, -0.1) is 0 Å². The van der Waals surface area contributed by atoms with Gasteiger partial charge in [0.15, 0.2) is 0 Å². The Morgan fingerprint density at radius 3 is 2.71 bits per heavy atom. The smallest absolute Gasteiger partial charge is 0.265 e. The van der Waals surface area contributed by atoms with Crippen molar-refractivity contribution < 1.29 is 4.79 Å². The third-order valence-corrected chi connectivity index (χ3v) is 5.68. The van der Waals surface area contributed by atoms with Crippen LogP contribution in [0.3, 0.4) is 0 Å². The van der Waals surface area contributed by atoms with Gasteiger partial charge in [-0.25, -0.2) is 9.97 Å². The number of carbonyl (C=O) groups excluding carboxylic acids is 1. The van der Waals surface area contributed by atoms with E-state index in [0.29, 0.717) is 23.2 Å². The van der Waals surface area contributed by atoms with Gasteiger partial charge in [-0.3, -0.25) is 9.78 Å². The molecule has 3 heterocycles. The number of hydrogen-bond acceptors (Lipinski definition) is 6. The Balaban J connectivity index is 1.59. The molecule has 0 radical (unpaired) electrons. The van der Waals surface area contributed by atoms with E-state index in [0.717, 1.165) is 39.1 Å². The van der Waals surface area contributed by atoms with E-state index >= 15 is 0 Å². The molecule has 0 saturated heterocycles. The molecule has 0 spiro atoms. The fourth-order valence-electron chi connectivity index (χ4n) is 3.86. The zero-order valence-electron chi connectivity index (χ0n) is 17.9. The van der Waals surface area contributed by atoms with Crippen LogP contribution in [-0.2, 0) is 6.54 Å². The van der Waals surface area contributed by atoms with Crippen molar-refractivity contribution in [2.24, 2.45) is 11.5 Å². The van der Waals surface area contributed by atoms with Crippen molar-refractivity contribution in [2.75, 3.05) is 5.32 Å². The van der Waals surface area contributed by atoms with Crippen LogP contribution >= 0.6 is 11.6 Å². The third-order valence-electron chi connectivity index (χ3n) is 5.45. The average molecular weight is 470 g/mol. The SMILES string of the molecule is NCc1ccc(-n2c(C(N)=O)cc3cc(Cl)ccc32)cc1Nc1nccc(-c2cccnc2)n1. The largest absolute Gasteiger partial charge is 0.364 e. The zero-order chi connectivity index (χ0) is 23.7. The number of benzene rings is 2.